The summed E-state index contributed by atoms with van der Waals surface area (Å²) < 4.78 is 11.2. The number of ether oxygens (including phenoxy) is 2. The molecular formula is C13H12ClN3O2S. The molecule has 3 rings (SSSR count). The summed E-state index contributed by atoms with van der Waals surface area (Å²) in [5, 5.41) is 1.09. The van der Waals surface area contributed by atoms with Gasteiger partial charge in [-0.15, -0.1) is 0 Å². The molecule has 0 spiro atoms. The second kappa shape index (κ2) is 5.76. The average Bonchev–Trinajstić information content (AvgIpc) is 2.67. The predicted octanol–water partition coefficient (Wildman–Crippen LogP) is 3.02. The molecule has 2 aromatic rings. The van der Waals surface area contributed by atoms with E-state index in [-0.39, 0.29) is 5.95 Å². The van der Waals surface area contributed by atoms with Gasteiger partial charge in [0.05, 0.1) is 24.4 Å². The fourth-order valence-corrected chi connectivity index (χ4v) is 2.78. The summed E-state index contributed by atoms with van der Waals surface area (Å²) in [7, 11) is 0. The summed E-state index contributed by atoms with van der Waals surface area (Å²) in [6.07, 6.45) is 2.38. The normalized spacial score (nSPS) is 13.8. The molecule has 0 unspecified atom stereocenters. The van der Waals surface area contributed by atoms with Crippen LogP contribution in [0.15, 0.2) is 34.3 Å². The highest BCUT2D eigenvalue weighted by Crippen LogP contribution is 2.37. The number of hydrogen-bond donors (Lipinski definition) is 1. The molecular weight excluding hydrogens is 298 g/mol. The van der Waals surface area contributed by atoms with Crippen molar-refractivity contribution in [3.05, 3.63) is 29.4 Å². The monoisotopic (exact) mass is 309 g/mol. The molecule has 0 atom stereocenters. The maximum atomic E-state index is 6.06. The van der Waals surface area contributed by atoms with Crippen LogP contribution in [0.2, 0.25) is 5.02 Å². The largest absolute Gasteiger partial charge is 0.490 e. The number of halogens is 1. The van der Waals surface area contributed by atoms with E-state index in [9.17, 15) is 0 Å². The summed E-state index contributed by atoms with van der Waals surface area (Å²) in [4.78, 5) is 8.92. The number of fused-ring (bicyclic) bond motifs is 1. The Hall–Kier alpha value is -1.66. The van der Waals surface area contributed by atoms with Crippen LogP contribution in [-0.4, -0.2) is 23.2 Å². The quantitative estimate of drug-likeness (QED) is 0.860. The molecule has 0 saturated carbocycles. The van der Waals surface area contributed by atoms with Gasteiger partial charge in [-0.3, -0.25) is 0 Å². The minimum atomic E-state index is 0.200. The number of nitrogen functional groups attached to an aromatic ring is 1. The minimum absolute atomic E-state index is 0.200. The van der Waals surface area contributed by atoms with Gasteiger partial charge >= 0.3 is 0 Å². The Morgan fingerprint density at radius 1 is 1.20 bits per heavy atom. The first-order valence-corrected chi connectivity index (χ1v) is 7.27. The standard InChI is InChI=1S/C13H12ClN3O2S/c14-9-7-16-13(15)17-12(9)20-8-2-3-10-11(6-8)19-5-1-4-18-10/h2-3,6-7H,1,4-5H2,(H2,15,16,17). The van der Waals surface area contributed by atoms with E-state index < -0.39 is 0 Å². The number of benzene rings is 1. The van der Waals surface area contributed by atoms with E-state index in [2.05, 4.69) is 9.97 Å². The Bertz CT molecular complexity index is 639. The Labute approximate surface area is 125 Å². The zero-order valence-electron chi connectivity index (χ0n) is 10.5. The van der Waals surface area contributed by atoms with Crippen LogP contribution in [0.1, 0.15) is 6.42 Å². The molecule has 1 aromatic heterocycles. The first kappa shape index (κ1) is 13.3. The lowest BCUT2D eigenvalue weighted by atomic mass is 10.3. The van der Waals surface area contributed by atoms with E-state index in [0.29, 0.717) is 23.3 Å². The van der Waals surface area contributed by atoms with Gasteiger partial charge in [-0.25, -0.2) is 9.97 Å². The zero-order chi connectivity index (χ0) is 13.9. The smallest absolute Gasteiger partial charge is 0.221 e. The molecule has 104 valence electrons. The van der Waals surface area contributed by atoms with E-state index >= 15 is 0 Å². The summed E-state index contributed by atoms with van der Waals surface area (Å²) in [5.41, 5.74) is 5.57. The second-order valence-electron chi connectivity index (χ2n) is 4.14. The van der Waals surface area contributed by atoms with E-state index in [0.717, 1.165) is 22.8 Å². The molecule has 5 nitrogen and oxygen atoms in total. The van der Waals surface area contributed by atoms with Crippen LogP contribution >= 0.6 is 23.4 Å². The maximum absolute atomic E-state index is 6.06. The van der Waals surface area contributed by atoms with Gasteiger partial charge < -0.3 is 15.2 Å². The molecule has 0 amide bonds. The Balaban J connectivity index is 1.87. The van der Waals surface area contributed by atoms with Crippen molar-refractivity contribution in [3.63, 3.8) is 0 Å². The van der Waals surface area contributed by atoms with Crippen molar-refractivity contribution in [1.29, 1.82) is 0 Å². The van der Waals surface area contributed by atoms with E-state index in [1.165, 1.54) is 18.0 Å². The molecule has 2 N–H and O–H groups in total. The molecule has 2 heterocycles. The van der Waals surface area contributed by atoms with Crippen molar-refractivity contribution >= 4 is 29.3 Å². The predicted molar refractivity (Wildman–Crippen MR) is 77.6 cm³/mol. The summed E-state index contributed by atoms with van der Waals surface area (Å²) in [6.45, 7) is 1.33. The fourth-order valence-electron chi connectivity index (χ4n) is 1.75. The molecule has 0 fully saturated rings. The first-order chi connectivity index (χ1) is 9.72. The second-order valence-corrected chi connectivity index (χ2v) is 5.61. The average molecular weight is 310 g/mol. The molecule has 1 aromatic carbocycles. The lowest BCUT2D eigenvalue weighted by Crippen LogP contribution is -1.97. The van der Waals surface area contributed by atoms with E-state index in [1.54, 1.807) is 0 Å². The topological polar surface area (TPSA) is 70.3 Å². The third-order valence-electron chi connectivity index (χ3n) is 2.66. The lowest BCUT2D eigenvalue weighted by Gasteiger charge is -2.09. The Kier molecular flexibility index (Phi) is 3.84. The van der Waals surface area contributed by atoms with Crippen molar-refractivity contribution < 1.29 is 9.47 Å². The van der Waals surface area contributed by atoms with Crippen molar-refractivity contribution in [3.8, 4) is 11.5 Å². The molecule has 0 bridgehead atoms. The number of rotatable bonds is 2. The molecule has 7 heteroatoms. The zero-order valence-corrected chi connectivity index (χ0v) is 12.1. The molecule has 0 aliphatic carbocycles. The summed E-state index contributed by atoms with van der Waals surface area (Å²) in [5.74, 6) is 1.71. The number of anilines is 1. The lowest BCUT2D eigenvalue weighted by molar-refractivity contribution is 0.297. The van der Waals surface area contributed by atoms with Gasteiger partial charge in [0.15, 0.2) is 11.5 Å². The van der Waals surface area contributed by atoms with Crippen LogP contribution in [0, 0.1) is 0 Å². The number of hydrogen-bond acceptors (Lipinski definition) is 6. The molecule has 0 saturated heterocycles. The maximum Gasteiger partial charge on any atom is 0.221 e. The fraction of sp³-hybridized carbons (Fsp3) is 0.231. The van der Waals surface area contributed by atoms with Gasteiger partial charge in [0, 0.05) is 11.3 Å². The van der Waals surface area contributed by atoms with Crippen LogP contribution in [-0.2, 0) is 0 Å². The summed E-state index contributed by atoms with van der Waals surface area (Å²) >= 11 is 7.47. The molecule has 1 aliphatic rings. The highest BCUT2D eigenvalue weighted by atomic mass is 35.5. The van der Waals surface area contributed by atoms with Gasteiger partial charge in [-0.1, -0.05) is 23.4 Å². The number of aromatic nitrogens is 2. The van der Waals surface area contributed by atoms with E-state index in [1.807, 2.05) is 18.2 Å². The van der Waals surface area contributed by atoms with Gasteiger partial charge in [0.25, 0.3) is 0 Å². The Morgan fingerprint density at radius 2 is 2.00 bits per heavy atom. The molecule has 20 heavy (non-hydrogen) atoms. The van der Waals surface area contributed by atoms with Crippen molar-refractivity contribution in [2.45, 2.75) is 16.3 Å². The van der Waals surface area contributed by atoms with Gasteiger partial charge in [-0.2, -0.15) is 0 Å². The minimum Gasteiger partial charge on any atom is -0.490 e. The van der Waals surface area contributed by atoms with Crippen LogP contribution in [0.25, 0.3) is 0 Å². The third-order valence-corrected chi connectivity index (χ3v) is 4.05. The van der Waals surface area contributed by atoms with Gasteiger partial charge in [-0.05, 0) is 18.2 Å². The van der Waals surface area contributed by atoms with E-state index in [4.69, 9.17) is 26.8 Å². The number of nitrogens with zero attached hydrogens (tertiary/aromatic N) is 2. The van der Waals surface area contributed by atoms with Crippen molar-refractivity contribution in [2.75, 3.05) is 18.9 Å². The van der Waals surface area contributed by atoms with Crippen LogP contribution in [0.3, 0.4) is 0 Å². The SMILES string of the molecule is Nc1ncc(Cl)c(Sc2ccc3c(c2)OCCCO3)n1. The first-order valence-electron chi connectivity index (χ1n) is 6.08. The van der Waals surface area contributed by atoms with Crippen molar-refractivity contribution in [1.82, 2.24) is 9.97 Å². The van der Waals surface area contributed by atoms with Gasteiger partial charge in [0.1, 0.15) is 5.03 Å². The van der Waals surface area contributed by atoms with Crippen LogP contribution in [0.4, 0.5) is 5.95 Å². The summed E-state index contributed by atoms with van der Waals surface area (Å²) in [6, 6.07) is 5.74. The van der Waals surface area contributed by atoms with Gasteiger partial charge in [0.2, 0.25) is 5.95 Å². The third kappa shape index (κ3) is 2.91. The van der Waals surface area contributed by atoms with Crippen molar-refractivity contribution in [2.24, 2.45) is 0 Å². The van der Waals surface area contributed by atoms with Crippen LogP contribution in [0.5, 0.6) is 11.5 Å². The highest BCUT2D eigenvalue weighted by Gasteiger charge is 2.13. The highest BCUT2D eigenvalue weighted by molar-refractivity contribution is 7.99. The Morgan fingerprint density at radius 3 is 2.85 bits per heavy atom. The number of nitrogens with two attached hydrogens (primary N) is 1. The molecule has 0 radical (unpaired) electrons. The van der Waals surface area contributed by atoms with Crippen LogP contribution < -0.4 is 15.2 Å². The molecule has 1 aliphatic heterocycles.